The quantitative estimate of drug-likeness (QED) is 0.134. The Bertz CT molecular complexity index is 1230. The van der Waals surface area contributed by atoms with Gasteiger partial charge in [-0.1, -0.05) is 46.4 Å². The topological polar surface area (TPSA) is 420 Å². The molecule has 0 amide bonds. The van der Waals surface area contributed by atoms with E-state index in [0.717, 1.165) is 12.1 Å². The van der Waals surface area contributed by atoms with Crippen molar-refractivity contribution in [1.29, 1.82) is 0 Å². The molecule has 36 heteroatoms. The zero-order chi connectivity index (χ0) is 31.1. The number of rotatable bonds is 9. The minimum Gasteiger partial charge on any atom is -1.00 e. The second-order valence-corrected chi connectivity index (χ2v) is 9.78. The van der Waals surface area contributed by atoms with Crippen molar-refractivity contribution in [2.45, 2.75) is 12.6 Å². The summed E-state index contributed by atoms with van der Waals surface area (Å²) >= 11 is 23.3. The van der Waals surface area contributed by atoms with Gasteiger partial charge >= 0.3 is 145 Å². The van der Waals surface area contributed by atoms with E-state index in [2.05, 4.69) is 27.8 Å². The molecule has 0 saturated carbocycles. The first kappa shape index (κ1) is 80.5. The predicted molar refractivity (Wildman–Crippen MR) is 182 cm³/mol. The molecule has 54 heavy (non-hydrogen) atoms. The van der Waals surface area contributed by atoms with Crippen LogP contribution < -0.4 is 125 Å². The summed E-state index contributed by atoms with van der Waals surface area (Å²) in [5, 5.41) is 36.4. The summed E-state index contributed by atoms with van der Waals surface area (Å²) in [4.78, 5) is 3.61. The Balaban J connectivity index is -0.0000000556. The van der Waals surface area contributed by atoms with Crippen LogP contribution in [0.5, 0.6) is 17.4 Å². The van der Waals surface area contributed by atoms with Gasteiger partial charge in [0.05, 0.1) is 28.8 Å². The number of ether oxygens (including phenoxy) is 3. The largest absolute Gasteiger partial charge is 1.00 e. The van der Waals surface area contributed by atoms with E-state index in [4.69, 9.17) is 70.7 Å². The van der Waals surface area contributed by atoms with Crippen molar-refractivity contribution in [3.63, 3.8) is 0 Å². The number of benzene rings is 1. The van der Waals surface area contributed by atoms with Crippen molar-refractivity contribution in [2.24, 2.45) is 0 Å². The molecular formula is C18H37B4Cl4F3KNNa2O20Sb-2. The van der Waals surface area contributed by atoms with Gasteiger partial charge in [-0.2, -0.15) is 13.2 Å². The molecule has 2 bridgehead atoms. The number of halogens is 7. The number of alkyl halides is 3. The monoisotopic (exact) mass is 1030 g/mol. The number of pyridine rings is 1. The summed E-state index contributed by atoms with van der Waals surface area (Å²) in [5.74, 6) is 0.774. The van der Waals surface area contributed by atoms with Crippen LogP contribution in [-0.4, -0.2) is 142 Å². The second kappa shape index (κ2) is 37.3. The molecule has 2 aliphatic rings. The molecule has 20 N–H and O–H groups in total. The Labute approximate surface area is 433 Å². The molecule has 1 aromatic carbocycles. The SMILES string of the molecule is FC(F)(F)c1ccc(OCCCOc2c(Cl)cc(OCC=C(Cl)Cl)cc2Cl)nc1.O.O.O.O.O.O.O.O.OB1O[B-]2(O)OB(O)O[B-](O)(O1)O2.[H-].[H-].[H-].[K+].[Na+].[Na+].[Sb]. The number of hydrogen-bond acceptors (Lipinski definition) is 13. The van der Waals surface area contributed by atoms with E-state index in [-0.39, 0.29) is 229 Å². The van der Waals surface area contributed by atoms with Crippen molar-refractivity contribution in [2.75, 3.05) is 19.8 Å². The van der Waals surface area contributed by atoms with Crippen molar-refractivity contribution >= 4 is 99.4 Å². The fraction of sp³-hybridized carbons (Fsp3) is 0.278. The van der Waals surface area contributed by atoms with E-state index in [0.29, 0.717) is 18.4 Å². The number of nitrogens with zero attached hydrogens (tertiary/aromatic N) is 1. The zero-order valence-electron chi connectivity index (χ0n) is 31.2. The van der Waals surface area contributed by atoms with E-state index in [1.54, 1.807) is 0 Å². The van der Waals surface area contributed by atoms with Gasteiger partial charge in [0.2, 0.25) is 5.88 Å². The third-order valence-electron chi connectivity index (χ3n) is 4.81. The van der Waals surface area contributed by atoms with E-state index in [1.165, 1.54) is 18.2 Å². The first-order valence-electron chi connectivity index (χ1n) is 11.5. The maximum atomic E-state index is 12.5. The van der Waals surface area contributed by atoms with Crippen LogP contribution in [0.1, 0.15) is 16.3 Å². The van der Waals surface area contributed by atoms with Crippen LogP contribution in [-0.2, 0) is 29.0 Å². The van der Waals surface area contributed by atoms with Crippen molar-refractivity contribution < 1.29 is 229 Å². The summed E-state index contributed by atoms with van der Waals surface area (Å²) in [5.41, 5.74) is -0.841. The first-order chi connectivity index (χ1) is 19.6. The van der Waals surface area contributed by atoms with Crippen molar-refractivity contribution in [3.05, 3.63) is 56.6 Å². The second-order valence-electron chi connectivity index (χ2n) is 7.96. The molecule has 305 valence electrons. The van der Waals surface area contributed by atoms with Gasteiger partial charge in [0.1, 0.15) is 16.8 Å². The Morgan fingerprint density at radius 3 is 1.61 bits per heavy atom. The smallest absolute Gasteiger partial charge is 1.00 e. The molecule has 4 rings (SSSR count). The van der Waals surface area contributed by atoms with Crippen LogP contribution in [0.3, 0.4) is 0 Å². The van der Waals surface area contributed by atoms with Crippen molar-refractivity contribution in [1.82, 2.24) is 4.98 Å². The Hall–Kier alpha value is 2.49. The molecule has 2 aliphatic heterocycles. The fourth-order valence-electron chi connectivity index (χ4n) is 3.06. The Morgan fingerprint density at radius 2 is 1.24 bits per heavy atom. The molecule has 0 unspecified atom stereocenters. The summed E-state index contributed by atoms with van der Waals surface area (Å²) in [6, 6.07) is 5.12. The van der Waals surface area contributed by atoms with E-state index >= 15 is 0 Å². The molecule has 0 aliphatic carbocycles. The van der Waals surface area contributed by atoms with Crippen molar-refractivity contribution in [3.8, 4) is 17.4 Å². The van der Waals surface area contributed by atoms with Crippen LogP contribution in [0.2, 0.25) is 10.0 Å². The predicted octanol–water partition coefficient (Wildman–Crippen LogP) is -12.8. The summed E-state index contributed by atoms with van der Waals surface area (Å²) < 4.78 is 74.8. The van der Waals surface area contributed by atoms with Gasteiger partial charge < -0.3 is 105 Å². The van der Waals surface area contributed by atoms with E-state index in [1.807, 2.05) is 0 Å². The molecule has 2 fully saturated rings. The van der Waals surface area contributed by atoms with Gasteiger partial charge in [0.25, 0.3) is 0 Å². The number of aromatic nitrogens is 1. The van der Waals surface area contributed by atoms with Crippen LogP contribution in [0.4, 0.5) is 13.2 Å². The molecule has 1 aromatic heterocycles. The summed E-state index contributed by atoms with van der Waals surface area (Å²) in [7, 11) is -3.92. The minimum atomic E-state index is -4.44. The summed E-state index contributed by atoms with van der Waals surface area (Å²) in [6.07, 6.45) is -1.84. The number of fused-ring (bicyclic) bond motifs is 2. The maximum absolute atomic E-state index is 12.5. The third kappa shape index (κ3) is 28.1. The van der Waals surface area contributed by atoms with Gasteiger partial charge in [-0.05, 0) is 12.1 Å². The average Bonchev–Trinajstić information content (AvgIpc) is 2.83. The van der Waals surface area contributed by atoms with Gasteiger partial charge in [-0.15, -0.1) is 0 Å². The van der Waals surface area contributed by atoms with E-state index in [9.17, 15) is 23.2 Å². The van der Waals surface area contributed by atoms with Crippen LogP contribution in [0.25, 0.3) is 0 Å². The van der Waals surface area contributed by atoms with Gasteiger partial charge in [0, 0.05) is 55.2 Å². The molecule has 3 radical (unpaired) electrons. The molecule has 2 saturated heterocycles. The fourth-order valence-corrected chi connectivity index (χ4v) is 3.77. The maximum Gasteiger partial charge on any atom is 1.00 e. The molecule has 21 nitrogen and oxygen atoms in total. The van der Waals surface area contributed by atoms with Crippen LogP contribution >= 0.6 is 46.4 Å². The normalized spacial score (nSPS) is 16.9. The molecular weight excluding hydrogens is 999 g/mol. The van der Waals surface area contributed by atoms with Crippen LogP contribution in [0, 0.1) is 0 Å². The third-order valence-corrected chi connectivity index (χ3v) is 5.68. The molecule has 0 atom stereocenters. The zero-order valence-corrected chi connectivity index (χ0v) is 40.9. The number of hydrogen-bond donors (Lipinski definition) is 4. The van der Waals surface area contributed by atoms with Gasteiger partial charge in [-0.25, -0.2) is 4.98 Å². The molecule has 2 aromatic rings. The van der Waals surface area contributed by atoms with E-state index < -0.39 is 40.3 Å². The minimum absolute atomic E-state index is 0. The molecule has 0 spiro atoms. The van der Waals surface area contributed by atoms with Gasteiger partial charge in [-0.3, -0.25) is 0 Å². The molecule has 3 heterocycles. The Kier molecular flexibility index (Phi) is 55.6. The standard InChI is InChI=1S/C18H14Cl4F3NO3.B4H4O9.K.2Na.8H2O.Sb.3H/c19-13-8-12(27-7-4-15(21)22)9-14(20)17(13)29-6-1-5-28-16-3-2-11(10-26-16)18(23,24)25;5-1-9-3(7)11-2(6)12-4(8,10-1)13-3;;;;;;;;;;;;;;;/h2-4,8-10H,1,5-7H2;5-8H;;;;8*1H2;;;;/q;-2;3*+1;;;;;;;;;;3*-1. The van der Waals surface area contributed by atoms with Crippen LogP contribution in [0.15, 0.2) is 41.0 Å². The average molecular weight is 1040 g/mol. The first-order valence-corrected chi connectivity index (χ1v) is 13.0. The summed E-state index contributed by atoms with van der Waals surface area (Å²) in [6.45, 7) is -6.36. The van der Waals surface area contributed by atoms with Gasteiger partial charge in [0.15, 0.2) is 5.75 Å². The Morgan fingerprint density at radius 1 is 0.815 bits per heavy atom.